The third-order valence-corrected chi connectivity index (χ3v) is 3.81. The van der Waals surface area contributed by atoms with E-state index in [-0.39, 0.29) is 12.4 Å². The van der Waals surface area contributed by atoms with Crippen molar-refractivity contribution in [1.29, 1.82) is 0 Å². The second-order valence-electron chi connectivity index (χ2n) is 5.87. The summed E-state index contributed by atoms with van der Waals surface area (Å²) in [6, 6.07) is 12.5. The lowest BCUT2D eigenvalue weighted by Crippen LogP contribution is -2.23. The van der Waals surface area contributed by atoms with Crippen LogP contribution in [0.4, 0.5) is 5.69 Å². The molecule has 1 amide bonds. The Kier molecular flexibility index (Phi) is 7.90. The summed E-state index contributed by atoms with van der Waals surface area (Å²) in [5, 5.41) is 2.54. The van der Waals surface area contributed by atoms with Gasteiger partial charge in [-0.2, -0.15) is 0 Å². The van der Waals surface area contributed by atoms with Gasteiger partial charge in [-0.3, -0.25) is 9.59 Å². The molecule has 1 N–H and O–H groups in total. The molecule has 0 spiro atoms. The maximum Gasteiger partial charge on any atom is 0.344 e. The fraction of sp³-hybridized carbons (Fsp3) is 0.238. The van der Waals surface area contributed by atoms with Crippen molar-refractivity contribution >= 4 is 29.3 Å². The van der Waals surface area contributed by atoms with Gasteiger partial charge in [0.15, 0.2) is 19.0 Å². The molecule has 0 aromatic heterocycles. The molecule has 0 radical (unpaired) electrons. The molecule has 2 aromatic carbocycles. The van der Waals surface area contributed by atoms with Crippen LogP contribution < -0.4 is 10.1 Å². The highest BCUT2D eigenvalue weighted by molar-refractivity contribution is 5.96. The fourth-order valence-electron chi connectivity index (χ4n) is 2.28. The lowest BCUT2D eigenvalue weighted by atomic mass is 10.1. The van der Waals surface area contributed by atoms with Crippen LogP contribution in [0.25, 0.3) is 0 Å². The van der Waals surface area contributed by atoms with Crippen LogP contribution >= 0.6 is 0 Å². The Morgan fingerprint density at radius 2 is 1.48 bits per heavy atom. The van der Waals surface area contributed by atoms with Crippen molar-refractivity contribution in [2.24, 2.45) is 0 Å². The Morgan fingerprint density at radius 3 is 2.07 bits per heavy atom. The molecule has 152 valence electrons. The maximum atomic E-state index is 11.8. The monoisotopic (exact) mass is 399 g/mol. The first-order valence-electron chi connectivity index (χ1n) is 8.82. The van der Waals surface area contributed by atoms with Crippen molar-refractivity contribution in [2.45, 2.75) is 13.3 Å². The number of carbonyl (C=O) groups is 4. The Bertz CT molecular complexity index is 873. The van der Waals surface area contributed by atoms with E-state index < -0.39 is 24.5 Å². The van der Waals surface area contributed by atoms with Gasteiger partial charge in [-0.05, 0) is 48.5 Å². The SMILES string of the molecule is CCC(=O)c1ccc(OCC(=O)OCC(=O)Nc2ccc(C(=O)OC)cc2)cc1. The average molecular weight is 399 g/mol. The van der Waals surface area contributed by atoms with E-state index in [1.165, 1.54) is 31.4 Å². The van der Waals surface area contributed by atoms with Crippen molar-refractivity contribution in [1.82, 2.24) is 0 Å². The molecular formula is C21H21NO7. The molecule has 0 fully saturated rings. The Balaban J connectivity index is 1.73. The molecule has 29 heavy (non-hydrogen) atoms. The van der Waals surface area contributed by atoms with Crippen LogP contribution in [-0.4, -0.2) is 44.0 Å². The van der Waals surface area contributed by atoms with Crippen molar-refractivity contribution in [2.75, 3.05) is 25.6 Å². The summed E-state index contributed by atoms with van der Waals surface area (Å²) in [7, 11) is 1.28. The number of carbonyl (C=O) groups excluding carboxylic acids is 4. The number of Topliss-reactive ketones (excluding diaryl/α,β-unsaturated/α-hetero) is 1. The first kappa shape index (κ1) is 21.6. The van der Waals surface area contributed by atoms with Crippen LogP contribution in [-0.2, 0) is 19.1 Å². The van der Waals surface area contributed by atoms with Gasteiger partial charge in [-0.15, -0.1) is 0 Å². The van der Waals surface area contributed by atoms with Crippen LogP contribution in [0.15, 0.2) is 48.5 Å². The van der Waals surface area contributed by atoms with E-state index in [0.717, 1.165) is 0 Å². The van der Waals surface area contributed by atoms with Gasteiger partial charge >= 0.3 is 11.9 Å². The van der Waals surface area contributed by atoms with Gasteiger partial charge in [0.25, 0.3) is 5.91 Å². The molecule has 0 saturated carbocycles. The molecule has 0 heterocycles. The third kappa shape index (κ3) is 6.76. The minimum absolute atomic E-state index is 0.0157. The topological polar surface area (TPSA) is 108 Å². The van der Waals surface area contributed by atoms with E-state index >= 15 is 0 Å². The van der Waals surface area contributed by atoms with Crippen LogP contribution in [0, 0.1) is 0 Å². The summed E-state index contributed by atoms with van der Waals surface area (Å²) in [5.41, 5.74) is 1.36. The quantitative estimate of drug-likeness (QED) is 0.510. The molecule has 0 bridgehead atoms. The number of hydrogen-bond acceptors (Lipinski definition) is 7. The number of amides is 1. The van der Waals surface area contributed by atoms with Crippen molar-refractivity contribution in [3.63, 3.8) is 0 Å². The third-order valence-electron chi connectivity index (χ3n) is 3.81. The molecule has 2 rings (SSSR count). The lowest BCUT2D eigenvalue weighted by Gasteiger charge is -2.08. The summed E-state index contributed by atoms with van der Waals surface area (Å²) in [6.07, 6.45) is 0.407. The first-order chi connectivity index (χ1) is 13.9. The largest absolute Gasteiger partial charge is 0.482 e. The minimum atomic E-state index is -0.713. The van der Waals surface area contributed by atoms with Gasteiger partial charge in [-0.1, -0.05) is 6.92 Å². The zero-order chi connectivity index (χ0) is 21.2. The summed E-state index contributed by atoms with van der Waals surface area (Å²) >= 11 is 0. The lowest BCUT2D eigenvalue weighted by molar-refractivity contribution is -0.149. The standard InChI is InChI=1S/C21H21NO7/c1-3-18(23)14-6-10-17(11-7-14)28-13-20(25)29-12-19(24)22-16-8-4-15(5-9-16)21(26)27-2/h4-11H,3,12-13H2,1-2H3,(H,22,24). The van der Waals surface area contributed by atoms with Gasteiger partial charge in [0.1, 0.15) is 5.75 Å². The number of nitrogens with one attached hydrogen (secondary N) is 1. The molecule has 0 aliphatic heterocycles. The zero-order valence-corrected chi connectivity index (χ0v) is 16.1. The van der Waals surface area contributed by atoms with Crippen molar-refractivity contribution < 1.29 is 33.4 Å². The number of rotatable bonds is 9. The summed E-state index contributed by atoms with van der Waals surface area (Å²) in [4.78, 5) is 46.5. The van der Waals surface area contributed by atoms with E-state index in [9.17, 15) is 19.2 Å². The van der Waals surface area contributed by atoms with E-state index in [0.29, 0.717) is 29.0 Å². The highest BCUT2D eigenvalue weighted by Crippen LogP contribution is 2.13. The molecule has 8 nitrogen and oxygen atoms in total. The van der Waals surface area contributed by atoms with E-state index in [1.54, 1.807) is 31.2 Å². The molecular weight excluding hydrogens is 378 g/mol. The van der Waals surface area contributed by atoms with Gasteiger partial charge < -0.3 is 19.5 Å². The summed E-state index contributed by atoms with van der Waals surface area (Å²) in [6.45, 7) is 0.920. The van der Waals surface area contributed by atoms with Crippen LogP contribution in [0.5, 0.6) is 5.75 Å². The molecule has 0 unspecified atom stereocenters. The molecule has 2 aromatic rings. The Hall–Kier alpha value is -3.68. The highest BCUT2D eigenvalue weighted by Gasteiger charge is 2.10. The number of methoxy groups -OCH3 is 1. The number of ether oxygens (including phenoxy) is 3. The number of anilines is 1. The number of ketones is 1. The van der Waals surface area contributed by atoms with Gasteiger partial charge in [0.2, 0.25) is 0 Å². The smallest absolute Gasteiger partial charge is 0.344 e. The molecule has 8 heteroatoms. The number of hydrogen-bond donors (Lipinski definition) is 1. The van der Waals surface area contributed by atoms with Gasteiger partial charge in [0, 0.05) is 17.7 Å². The normalized spacial score (nSPS) is 10.0. The van der Waals surface area contributed by atoms with E-state index in [2.05, 4.69) is 10.1 Å². The van der Waals surface area contributed by atoms with Crippen LogP contribution in [0.2, 0.25) is 0 Å². The predicted molar refractivity (Wildman–Crippen MR) is 104 cm³/mol. The van der Waals surface area contributed by atoms with Gasteiger partial charge in [0.05, 0.1) is 12.7 Å². The number of esters is 2. The number of benzene rings is 2. The predicted octanol–water partition coefficient (Wildman–Crippen LogP) is 2.63. The molecule has 0 saturated heterocycles. The van der Waals surface area contributed by atoms with Crippen LogP contribution in [0.3, 0.4) is 0 Å². The van der Waals surface area contributed by atoms with Crippen molar-refractivity contribution in [3.05, 3.63) is 59.7 Å². The molecule has 0 atom stereocenters. The Labute approximate surface area is 167 Å². The first-order valence-corrected chi connectivity index (χ1v) is 8.82. The fourth-order valence-corrected chi connectivity index (χ4v) is 2.28. The average Bonchev–Trinajstić information content (AvgIpc) is 2.76. The Morgan fingerprint density at radius 1 is 0.862 bits per heavy atom. The summed E-state index contributed by atoms with van der Waals surface area (Å²) < 4.78 is 14.7. The second-order valence-corrected chi connectivity index (χ2v) is 5.87. The maximum absolute atomic E-state index is 11.8. The molecule has 0 aliphatic carbocycles. The summed E-state index contributed by atoms with van der Waals surface area (Å²) in [5.74, 6) is -1.31. The van der Waals surface area contributed by atoms with E-state index in [4.69, 9.17) is 9.47 Å². The van der Waals surface area contributed by atoms with Gasteiger partial charge in [-0.25, -0.2) is 9.59 Å². The van der Waals surface area contributed by atoms with E-state index in [1.807, 2.05) is 0 Å². The second kappa shape index (κ2) is 10.6. The highest BCUT2D eigenvalue weighted by atomic mass is 16.6. The minimum Gasteiger partial charge on any atom is -0.482 e. The van der Waals surface area contributed by atoms with Crippen molar-refractivity contribution in [3.8, 4) is 5.75 Å². The van der Waals surface area contributed by atoms with Crippen LogP contribution in [0.1, 0.15) is 34.1 Å². The molecule has 0 aliphatic rings. The zero-order valence-electron chi connectivity index (χ0n) is 16.1.